The minimum Gasteiger partial charge on any atom is -0.480 e. The molecule has 0 saturated heterocycles. The van der Waals surface area contributed by atoms with Crippen molar-refractivity contribution in [2.75, 3.05) is 0 Å². The van der Waals surface area contributed by atoms with Crippen LogP contribution in [0.15, 0.2) is 36.5 Å². The highest BCUT2D eigenvalue weighted by atomic mass is 16.4. The lowest BCUT2D eigenvalue weighted by Gasteiger charge is -2.13. The Morgan fingerprint density at radius 3 is 2.52 bits per heavy atom. The summed E-state index contributed by atoms with van der Waals surface area (Å²) in [6.45, 7) is 7.38. The molecule has 1 unspecified atom stereocenters. The first kappa shape index (κ1) is 18.6. The third-order valence-corrected chi connectivity index (χ3v) is 4.44. The number of nitrogens with one attached hydrogen (secondary N) is 1. The number of carboxylic acids is 1. The predicted molar refractivity (Wildman–Crippen MR) is 103 cm³/mol. The summed E-state index contributed by atoms with van der Waals surface area (Å²) in [6.07, 6.45) is 1.60. The number of aromatic nitrogens is 3. The molecular weight excluding hydrogens is 344 g/mol. The van der Waals surface area contributed by atoms with Gasteiger partial charge in [-0.25, -0.2) is 9.67 Å². The second kappa shape index (κ2) is 7.19. The van der Waals surface area contributed by atoms with Gasteiger partial charge in [-0.05, 0) is 39.3 Å². The number of hydrogen-bond donors (Lipinski definition) is 2. The summed E-state index contributed by atoms with van der Waals surface area (Å²) in [6, 6.07) is 8.55. The number of hydrogen-bond acceptors (Lipinski definition) is 4. The van der Waals surface area contributed by atoms with Crippen LogP contribution in [0.4, 0.5) is 0 Å². The molecule has 0 aliphatic rings. The van der Waals surface area contributed by atoms with Gasteiger partial charge in [0.25, 0.3) is 5.91 Å². The van der Waals surface area contributed by atoms with Crippen molar-refractivity contribution in [2.24, 2.45) is 0 Å². The van der Waals surface area contributed by atoms with E-state index in [9.17, 15) is 9.59 Å². The van der Waals surface area contributed by atoms with Gasteiger partial charge < -0.3 is 10.4 Å². The average molecular weight is 366 g/mol. The van der Waals surface area contributed by atoms with Crippen LogP contribution in [0.1, 0.15) is 42.7 Å². The number of carboxylic acid groups (broad SMARTS) is 1. The largest absolute Gasteiger partial charge is 0.480 e. The summed E-state index contributed by atoms with van der Waals surface area (Å²) < 4.78 is 1.76. The van der Waals surface area contributed by atoms with Crippen LogP contribution in [-0.2, 0) is 4.79 Å². The number of carbonyl (C=O) groups excluding carboxylic acids is 1. The maximum absolute atomic E-state index is 12.8. The zero-order chi connectivity index (χ0) is 19.7. The van der Waals surface area contributed by atoms with Crippen molar-refractivity contribution in [3.8, 4) is 11.3 Å². The summed E-state index contributed by atoms with van der Waals surface area (Å²) >= 11 is 0. The van der Waals surface area contributed by atoms with Crippen molar-refractivity contribution >= 4 is 22.9 Å². The van der Waals surface area contributed by atoms with E-state index >= 15 is 0 Å². The number of pyridine rings is 1. The van der Waals surface area contributed by atoms with Crippen LogP contribution in [0, 0.1) is 6.92 Å². The zero-order valence-corrected chi connectivity index (χ0v) is 15.7. The third kappa shape index (κ3) is 3.53. The van der Waals surface area contributed by atoms with E-state index in [1.807, 2.05) is 45.0 Å². The van der Waals surface area contributed by atoms with Gasteiger partial charge in [0.2, 0.25) is 0 Å². The highest BCUT2D eigenvalue weighted by molar-refractivity contribution is 6.07. The summed E-state index contributed by atoms with van der Waals surface area (Å²) in [5.74, 6) is -1.55. The first-order chi connectivity index (χ1) is 12.8. The Kier molecular flexibility index (Phi) is 4.94. The van der Waals surface area contributed by atoms with Crippen LogP contribution in [0.5, 0.6) is 0 Å². The standard InChI is InChI=1S/C20H22N4O3/c1-11(2)24-18-16(10-21-24)15(19(25)22-13(4)20(26)27)9-17(23-18)14-8-6-5-7-12(14)3/h5-11,13H,1-4H3,(H,22,25)(H,26,27). The fraction of sp³-hybridized carbons (Fsp3) is 0.300. The van der Waals surface area contributed by atoms with E-state index in [0.717, 1.165) is 11.1 Å². The molecule has 0 fully saturated rings. The van der Waals surface area contributed by atoms with Crippen molar-refractivity contribution in [1.29, 1.82) is 0 Å². The van der Waals surface area contributed by atoms with Gasteiger partial charge >= 0.3 is 5.97 Å². The van der Waals surface area contributed by atoms with Gasteiger partial charge in [0.1, 0.15) is 6.04 Å². The van der Waals surface area contributed by atoms with Crippen molar-refractivity contribution < 1.29 is 14.7 Å². The Morgan fingerprint density at radius 1 is 1.19 bits per heavy atom. The molecule has 7 heteroatoms. The molecule has 0 spiro atoms. The molecule has 27 heavy (non-hydrogen) atoms. The number of amides is 1. The van der Waals surface area contributed by atoms with Gasteiger partial charge in [0, 0.05) is 11.6 Å². The Hall–Kier alpha value is -3.22. The van der Waals surface area contributed by atoms with Gasteiger partial charge in [-0.3, -0.25) is 9.59 Å². The monoisotopic (exact) mass is 366 g/mol. The van der Waals surface area contributed by atoms with E-state index in [-0.39, 0.29) is 6.04 Å². The number of aliphatic carboxylic acids is 1. The lowest BCUT2D eigenvalue weighted by molar-refractivity contribution is -0.138. The van der Waals surface area contributed by atoms with E-state index in [1.165, 1.54) is 6.92 Å². The van der Waals surface area contributed by atoms with Gasteiger partial charge in [-0.2, -0.15) is 5.10 Å². The van der Waals surface area contributed by atoms with Crippen LogP contribution in [-0.4, -0.2) is 37.8 Å². The molecule has 1 aromatic carbocycles. The molecule has 3 rings (SSSR count). The SMILES string of the molecule is Cc1ccccc1-c1cc(C(=O)NC(C)C(=O)O)c2cnn(C(C)C)c2n1. The third-order valence-electron chi connectivity index (χ3n) is 4.44. The molecule has 7 nitrogen and oxygen atoms in total. The van der Waals surface area contributed by atoms with Gasteiger partial charge in [-0.1, -0.05) is 24.3 Å². The summed E-state index contributed by atoms with van der Waals surface area (Å²) in [7, 11) is 0. The van der Waals surface area contributed by atoms with Crippen molar-refractivity contribution in [3.05, 3.63) is 47.7 Å². The molecule has 0 bridgehead atoms. The minimum absolute atomic E-state index is 0.0657. The second-order valence-electron chi connectivity index (χ2n) is 6.82. The van der Waals surface area contributed by atoms with Gasteiger partial charge in [0.05, 0.1) is 22.8 Å². The molecule has 2 heterocycles. The van der Waals surface area contributed by atoms with Crippen molar-refractivity contribution in [3.63, 3.8) is 0 Å². The predicted octanol–water partition coefficient (Wildman–Crippen LogP) is 3.19. The second-order valence-corrected chi connectivity index (χ2v) is 6.82. The fourth-order valence-corrected chi connectivity index (χ4v) is 2.92. The molecule has 0 aliphatic carbocycles. The van der Waals surface area contributed by atoms with E-state index in [0.29, 0.717) is 22.3 Å². The summed E-state index contributed by atoms with van der Waals surface area (Å²) in [4.78, 5) is 28.6. The van der Waals surface area contributed by atoms with Crippen LogP contribution >= 0.6 is 0 Å². The van der Waals surface area contributed by atoms with Crippen LogP contribution in [0.3, 0.4) is 0 Å². The van der Waals surface area contributed by atoms with Crippen LogP contribution < -0.4 is 5.32 Å². The Balaban J connectivity index is 2.21. The highest BCUT2D eigenvalue weighted by Gasteiger charge is 2.21. The lowest BCUT2D eigenvalue weighted by atomic mass is 10.0. The molecule has 0 aliphatic heterocycles. The zero-order valence-electron chi connectivity index (χ0n) is 15.7. The Morgan fingerprint density at radius 2 is 1.89 bits per heavy atom. The lowest BCUT2D eigenvalue weighted by Crippen LogP contribution is -2.38. The van der Waals surface area contributed by atoms with Crippen molar-refractivity contribution in [1.82, 2.24) is 20.1 Å². The van der Waals surface area contributed by atoms with Crippen LogP contribution in [0.2, 0.25) is 0 Å². The number of rotatable bonds is 5. The van der Waals surface area contributed by atoms with Gasteiger partial charge in [0.15, 0.2) is 5.65 Å². The normalized spacial score (nSPS) is 12.3. The summed E-state index contributed by atoms with van der Waals surface area (Å²) in [5, 5.41) is 16.6. The molecule has 0 radical (unpaired) electrons. The molecule has 1 amide bonds. The first-order valence-corrected chi connectivity index (χ1v) is 8.77. The first-order valence-electron chi connectivity index (χ1n) is 8.77. The molecule has 3 aromatic rings. The average Bonchev–Trinajstić information content (AvgIpc) is 3.05. The number of nitrogens with zero attached hydrogens (tertiary/aromatic N) is 3. The van der Waals surface area contributed by atoms with Crippen molar-refractivity contribution in [2.45, 2.75) is 39.8 Å². The van der Waals surface area contributed by atoms with E-state index < -0.39 is 17.9 Å². The fourth-order valence-electron chi connectivity index (χ4n) is 2.92. The maximum Gasteiger partial charge on any atom is 0.325 e. The Bertz CT molecular complexity index is 1020. The molecule has 0 saturated carbocycles. The van der Waals surface area contributed by atoms with E-state index in [1.54, 1.807) is 16.9 Å². The quantitative estimate of drug-likeness (QED) is 0.723. The summed E-state index contributed by atoms with van der Waals surface area (Å²) in [5.41, 5.74) is 3.55. The van der Waals surface area contributed by atoms with Crippen LogP contribution in [0.25, 0.3) is 22.3 Å². The number of carbonyl (C=O) groups is 2. The molecule has 2 N–H and O–H groups in total. The minimum atomic E-state index is -1.09. The van der Waals surface area contributed by atoms with Gasteiger partial charge in [-0.15, -0.1) is 0 Å². The molecule has 1 atom stereocenters. The number of fused-ring (bicyclic) bond motifs is 1. The number of aryl methyl sites for hydroxylation is 1. The highest BCUT2D eigenvalue weighted by Crippen LogP contribution is 2.28. The smallest absolute Gasteiger partial charge is 0.325 e. The number of benzene rings is 1. The molecule has 140 valence electrons. The Labute approximate surface area is 157 Å². The molecule has 2 aromatic heterocycles. The topological polar surface area (TPSA) is 97.1 Å². The molecular formula is C20H22N4O3. The van der Waals surface area contributed by atoms with E-state index in [2.05, 4.69) is 10.4 Å². The van der Waals surface area contributed by atoms with E-state index in [4.69, 9.17) is 10.1 Å². The maximum atomic E-state index is 12.8.